The molecule has 208 valence electrons. The molecule has 1 atom stereocenters. The van der Waals surface area contributed by atoms with Crippen LogP contribution in [0.1, 0.15) is 16.8 Å². The van der Waals surface area contributed by atoms with Gasteiger partial charge >= 0.3 is 6.18 Å². The largest absolute Gasteiger partial charge is 0.417 e. The quantitative estimate of drug-likeness (QED) is 0.382. The summed E-state index contributed by atoms with van der Waals surface area (Å²) in [6.07, 6.45) is -2.49. The van der Waals surface area contributed by atoms with Gasteiger partial charge in [0.15, 0.2) is 0 Å². The number of rotatable bonds is 8. The van der Waals surface area contributed by atoms with Crippen LogP contribution >= 0.6 is 0 Å². The molecule has 1 aromatic carbocycles. The van der Waals surface area contributed by atoms with Gasteiger partial charge in [-0.05, 0) is 36.8 Å². The molecule has 0 saturated carbocycles. The first-order valence-corrected chi connectivity index (χ1v) is 12.7. The van der Waals surface area contributed by atoms with E-state index >= 15 is 0 Å². The number of carbonyl (C=O) groups is 3. The molecule has 2 aliphatic heterocycles. The lowest BCUT2D eigenvalue weighted by atomic mass is 10.1. The van der Waals surface area contributed by atoms with Crippen molar-refractivity contribution in [2.75, 3.05) is 58.9 Å². The van der Waals surface area contributed by atoms with Crippen molar-refractivity contribution in [2.45, 2.75) is 18.6 Å². The molecule has 1 unspecified atom stereocenters. The number of piperazine rings is 1. The van der Waals surface area contributed by atoms with Crippen LogP contribution in [0.3, 0.4) is 0 Å². The van der Waals surface area contributed by atoms with Gasteiger partial charge in [-0.15, -0.1) is 0 Å². The van der Waals surface area contributed by atoms with E-state index in [-0.39, 0.29) is 29.9 Å². The Hall–Kier alpha value is -3.69. The Morgan fingerprint density at radius 1 is 0.974 bits per heavy atom. The van der Waals surface area contributed by atoms with Gasteiger partial charge < -0.3 is 15.5 Å². The lowest BCUT2D eigenvalue weighted by molar-refractivity contribution is -0.124. The zero-order valence-corrected chi connectivity index (χ0v) is 21.2. The molecular formula is C27H29F4N5O3. The lowest BCUT2D eigenvalue weighted by Gasteiger charge is -2.35. The Bertz CT molecular complexity index is 1220. The van der Waals surface area contributed by atoms with Gasteiger partial charge in [0.2, 0.25) is 5.91 Å². The fourth-order valence-corrected chi connectivity index (χ4v) is 4.63. The summed E-state index contributed by atoms with van der Waals surface area (Å²) in [5.74, 6) is -1.73. The molecule has 0 spiro atoms. The number of nitrogens with one attached hydrogen (secondary N) is 2. The number of likely N-dealkylation sites (tertiary alicyclic amines) is 1. The molecule has 3 amide bonds. The molecule has 1 aliphatic carbocycles. The van der Waals surface area contributed by atoms with E-state index in [0.29, 0.717) is 37.3 Å². The maximum absolute atomic E-state index is 13.1. The molecule has 4 rings (SSSR count). The molecule has 12 heteroatoms. The van der Waals surface area contributed by atoms with E-state index in [1.54, 1.807) is 4.90 Å². The highest BCUT2D eigenvalue weighted by atomic mass is 19.4. The van der Waals surface area contributed by atoms with Crippen LogP contribution in [0.2, 0.25) is 0 Å². The zero-order valence-electron chi connectivity index (χ0n) is 21.2. The van der Waals surface area contributed by atoms with Gasteiger partial charge in [0, 0.05) is 70.0 Å². The molecule has 1 aromatic rings. The monoisotopic (exact) mass is 547 g/mol. The standard InChI is InChI=1S/C27H29F4N5O3/c28-22-6-4-19(5-7-22)26(39)36-14-12-34(13-15-36)10-11-35-9-8-23(18-35)33-24(37)17-32-25(38)20-2-1-3-21(16-20)27(29,30)31/h3-7,16,23H,8-15,17-18H2,(H,32,38)(H,33,37). The van der Waals surface area contributed by atoms with E-state index in [0.717, 1.165) is 39.1 Å². The summed E-state index contributed by atoms with van der Waals surface area (Å²) in [6.45, 7) is 5.38. The van der Waals surface area contributed by atoms with Crippen molar-refractivity contribution in [3.8, 4) is 0 Å². The Morgan fingerprint density at radius 2 is 1.67 bits per heavy atom. The summed E-state index contributed by atoms with van der Waals surface area (Å²) >= 11 is 0. The highest BCUT2D eigenvalue weighted by Crippen LogP contribution is 2.28. The Labute approximate surface area is 223 Å². The summed E-state index contributed by atoms with van der Waals surface area (Å²) in [5.41, 5.74) is 3.63. The second-order valence-corrected chi connectivity index (χ2v) is 9.60. The van der Waals surface area contributed by atoms with Crippen LogP contribution < -0.4 is 10.6 Å². The molecule has 2 saturated heterocycles. The van der Waals surface area contributed by atoms with Gasteiger partial charge in [0.1, 0.15) is 5.82 Å². The van der Waals surface area contributed by atoms with Gasteiger partial charge in [-0.3, -0.25) is 24.2 Å². The number of halogens is 4. The minimum Gasteiger partial charge on any atom is -0.350 e. The fourth-order valence-electron chi connectivity index (χ4n) is 4.63. The number of carbonyl (C=O) groups excluding carboxylic acids is 3. The second kappa shape index (κ2) is 12.4. The molecule has 3 aliphatic rings. The normalized spacial score (nSPS) is 20.0. The van der Waals surface area contributed by atoms with E-state index in [2.05, 4.69) is 31.9 Å². The van der Waals surface area contributed by atoms with Crippen molar-refractivity contribution in [2.24, 2.45) is 0 Å². The summed E-state index contributed by atoms with van der Waals surface area (Å²) in [5, 5.41) is 5.17. The van der Waals surface area contributed by atoms with Crippen molar-refractivity contribution < 1.29 is 31.9 Å². The molecule has 0 aromatic heterocycles. The molecule has 0 bridgehead atoms. The van der Waals surface area contributed by atoms with Crippen molar-refractivity contribution in [3.05, 3.63) is 70.4 Å². The van der Waals surface area contributed by atoms with Crippen molar-refractivity contribution in [1.82, 2.24) is 25.3 Å². The summed E-state index contributed by atoms with van der Waals surface area (Å²) in [7, 11) is 0. The number of allylic oxidation sites excluding steroid dienone is 2. The number of nitrogens with zero attached hydrogens (tertiary/aromatic N) is 3. The zero-order chi connectivity index (χ0) is 28.0. The van der Waals surface area contributed by atoms with Gasteiger partial charge in [-0.25, -0.2) is 4.39 Å². The number of benzene rings is 1. The maximum atomic E-state index is 13.1. The maximum Gasteiger partial charge on any atom is 0.417 e. The summed E-state index contributed by atoms with van der Waals surface area (Å²) in [4.78, 5) is 43.3. The van der Waals surface area contributed by atoms with E-state index in [1.165, 1.54) is 24.3 Å². The molecule has 2 fully saturated rings. The molecule has 2 N–H and O–H groups in total. The Balaban J connectivity index is 1.12. The van der Waals surface area contributed by atoms with E-state index in [4.69, 9.17) is 0 Å². The predicted molar refractivity (Wildman–Crippen MR) is 134 cm³/mol. The first-order chi connectivity index (χ1) is 18.6. The smallest absolute Gasteiger partial charge is 0.350 e. The average molecular weight is 548 g/mol. The van der Waals surface area contributed by atoms with Gasteiger partial charge in [-0.2, -0.15) is 13.2 Å². The van der Waals surface area contributed by atoms with Crippen LogP contribution in [0.25, 0.3) is 0 Å². The van der Waals surface area contributed by atoms with Crippen LogP contribution in [0, 0.1) is 5.82 Å². The molecule has 39 heavy (non-hydrogen) atoms. The van der Waals surface area contributed by atoms with Crippen LogP contribution in [0.15, 0.2) is 59.0 Å². The highest BCUT2D eigenvalue weighted by molar-refractivity contribution is 5.98. The first kappa shape index (κ1) is 28.3. The molecule has 2 heterocycles. The molecule has 0 radical (unpaired) electrons. The predicted octanol–water partition coefficient (Wildman–Crippen LogP) is 1.63. The third-order valence-electron chi connectivity index (χ3n) is 6.84. The van der Waals surface area contributed by atoms with E-state index < -0.39 is 23.6 Å². The van der Waals surface area contributed by atoms with E-state index in [9.17, 15) is 31.9 Å². The van der Waals surface area contributed by atoms with Crippen molar-refractivity contribution in [1.29, 1.82) is 0 Å². The van der Waals surface area contributed by atoms with Crippen LogP contribution in [0.4, 0.5) is 17.6 Å². The SMILES string of the molecule is O=C(CNC(=O)C1=C=C=CC(C(F)(F)F)=C1)NC1CCN(CCN2CCN(C(=O)c3ccc(F)cc3)CC2)C1. The van der Waals surface area contributed by atoms with Crippen molar-refractivity contribution >= 4 is 17.7 Å². The third-order valence-corrected chi connectivity index (χ3v) is 6.84. The Kier molecular flexibility index (Phi) is 9.04. The Morgan fingerprint density at radius 3 is 2.36 bits per heavy atom. The fraction of sp³-hybridized carbons (Fsp3) is 0.444. The second-order valence-electron chi connectivity index (χ2n) is 9.60. The minimum absolute atomic E-state index is 0.0898. The first-order valence-electron chi connectivity index (χ1n) is 12.7. The number of hydrogen-bond donors (Lipinski definition) is 2. The van der Waals surface area contributed by atoms with Crippen molar-refractivity contribution in [3.63, 3.8) is 0 Å². The van der Waals surface area contributed by atoms with Gasteiger partial charge in [-0.1, -0.05) is 11.5 Å². The van der Waals surface area contributed by atoms with Crippen LogP contribution in [-0.4, -0.2) is 104 Å². The minimum atomic E-state index is -4.61. The summed E-state index contributed by atoms with van der Waals surface area (Å²) < 4.78 is 51.6. The number of alkyl halides is 3. The summed E-state index contributed by atoms with van der Waals surface area (Å²) in [6, 6.07) is 5.46. The van der Waals surface area contributed by atoms with Crippen LogP contribution in [0.5, 0.6) is 0 Å². The average Bonchev–Trinajstić information content (AvgIpc) is 3.37. The molecular weight excluding hydrogens is 518 g/mol. The van der Waals surface area contributed by atoms with E-state index in [1.807, 2.05) is 0 Å². The topological polar surface area (TPSA) is 85.0 Å². The number of hydrogen-bond acceptors (Lipinski definition) is 5. The van der Waals surface area contributed by atoms with Crippen LogP contribution in [-0.2, 0) is 9.59 Å². The van der Waals surface area contributed by atoms with Gasteiger partial charge in [0.25, 0.3) is 11.8 Å². The lowest BCUT2D eigenvalue weighted by Crippen LogP contribution is -2.50. The third kappa shape index (κ3) is 7.91. The van der Waals surface area contributed by atoms with Gasteiger partial charge in [0.05, 0.1) is 17.7 Å². The molecule has 8 nitrogen and oxygen atoms in total. The number of amides is 3. The highest BCUT2D eigenvalue weighted by Gasteiger charge is 2.33.